The second-order valence-corrected chi connectivity index (χ2v) is 7.97. The molecule has 0 amide bonds. The molecule has 0 saturated carbocycles. The molecule has 0 N–H and O–H groups in total. The average Bonchev–Trinajstić information content (AvgIpc) is 3.20. The van der Waals surface area contributed by atoms with Crippen LogP contribution in [-0.2, 0) is 21.1 Å². The summed E-state index contributed by atoms with van der Waals surface area (Å²) in [5.41, 5.74) is 6.19. The van der Waals surface area contributed by atoms with Gasteiger partial charge >= 0.3 is 5.01 Å². The van der Waals surface area contributed by atoms with Crippen molar-refractivity contribution in [2.45, 2.75) is 0 Å². The molecule has 3 aromatic heterocycles. The minimum absolute atomic E-state index is 1.21. The first kappa shape index (κ1) is 16.2. The Bertz CT molecular complexity index is 1210. The second kappa shape index (κ2) is 6.03. The Balaban J connectivity index is 1.74. The van der Waals surface area contributed by atoms with E-state index in [1.54, 1.807) is 0 Å². The Morgan fingerprint density at radius 2 is 1.52 bits per heavy atom. The highest BCUT2D eigenvalue weighted by atomic mass is 32.1. The number of fused-ring (bicyclic) bond motifs is 2. The van der Waals surface area contributed by atoms with E-state index in [9.17, 15) is 0 Å². The molecule has 27 heavy (non-hydrogen) atoms. The number of benzene rings is 2. The van der Waals surface area contributed by atoms with Gasteiger partial charge in [0, 0.05) is 36.1 Å². The van der Waals surface area contributed by atoms with Gasteiger partial charge in [0.1, 0.15) is 24.5 Å². The van der Waals surface area contributed by atoms with E-state index >= 15 is 0 Å². The van der Waals surface area contributed by atoms with Crippen LogP contribution < -0.4 is 9.13 Å². The molecule has 3 heterocycles. The number of para-hydroxylation sites is 2. The lowest BCUT2D eigenvalue weighted by atomic mass is 10.2. The zero-order chi connectivity index (χ0) is 18.5. The number of nitrogens with zero attached hydrogens (tertiary/aromatic N) is 3. The maximum absolute atomic E-state index is 2.30. The molecule has 0 aliphatic heterocycles. The minimum atomic E-state index is 1.21. The molecule has 0 spiro atoms. The molecule has 2 aromatic carbocycles. The maximum Gasteiger partial charge on any atom is 0.335 e. The standard InChI is InChI=1S/C23H21N3S/c1-24-17-10-5-4-9-16(17)15-21(24)18-12-8-13-20(25(18)2)23-26(3)19-11-6-7-14-22(19)27-23/h4-15H,1-3H3/q+2. The predicted molar refractivity (Wildman–Crippen MR) is 112 cm³/mol. The number of aryl methyl sites for hydroxylation is 2. The van der Waals surface area contributed by atoms with Crippen molar-refractivity contribution in [3.63, 3.8) is 0 Å². The lowest BCUT2D eigenvalue weighted by molar-refractivity contribution is -0.670. The normalized spacial score (nSPS) is 11.5. The van der Waals surface area contributed by atoms with Crippen LogP contribution in [0, 0.1) is 0 Å². The second-order valence-electron chi connectivity index (χ2n) is 6.94. The van der Waals surface area contributed by atoms with Gasteiger partial charge in [-0.05, 0) is 24.3 Å². The number of rotatable bonds is 2. The lowest BCUT2D eigenvalue weighted by Gasteiger charge is -2.04. The highest BCUT2D eigenvalue weighted by Gasteiger charge is 2.28. The van der Waals surface area contributed by atoms with Crippen LogP contribution in [0.5, 0.6) is 0 Å². The SMILES string of the molecule is Cn1c(-c2cccc(-c3sc4ccccc4[n+]3C)[n+]2C)cc2ccccc21. The number of thiazole rings is 1. The Morgan fingerprint density at radius 3 is 2.33 bits per heavy atom. The van der Waals surface area contributed by atoms with E-state index in [1.807, 2.05) is 11.3 Å². The minimum Gasteiger partial charge on any atom is -0.339 e. The molecule has 0 bridgehead atoms. The maximum atomic E-state index is 2.30. The van der Waals surface area contributed by atoms with E-state index in [4.69, 9.17) is 0 Å². The van der Waals surface area contributed by atoms with Crippen molar-refractivity contribution in [2.24, 2.45) is 21.1 Å². The van der Waals surface area contributed by atoms with Crippen molar-refractivity contribution in [3.8, 4) is 22.1 Å². The molecular formula is C23H21N3S+2. The van der Waals surface area contributed by atoms with Gasteiger partial charge in [-0.25, -0.2) is 0 Å². The Morgan fingerprint density at radius 1 is 0.778 bits per heavy atom. The zero-order valence-corrected chi connectivity index (χ0v) is 16.5. The Hall–Kier alpha value is -2.98. The van der Waals surface area contributed by atoms with E-state index in [1.165, 1.54) is 43.2 Å². The number of hydrogen-bond donors (Lipinski definition) is 0. The van der Waals surface area contributed by atoms with Crippen molar-refractivity contribution in [1.82, 2.24) is 4.57 Å². The summed E-state index contributed by atoms with van der Waals surface area (Å²) in [7, 11) is 6.45. The van der Waals surface area contributed by atoms with Crippen LogP contribution in [0.4, 0.5) is 0 Å². The summed E-state index contributed by atoms with van der Waals surface area (Å²) in [6, 6.07) is 26.0. The van der Waals surface area contributed by atoms with Crippen LogP contribution >= 0.6 is 11.3 Å². The van der Waals surface area contributed by atoms with Gasteiger partial charge in [0.2, 0.25) is 11.2 Å². The average molecular weight is 372 g/mol. The van der Waals surface area contributed by atoms with Crippen LogP contribution in [0.15, 0.2) is 72.8 Å². The third kappa shape index (κ3) is 2.41. The van der Waals surface area contributed by atoms with E-state index in [-0.39, 0.29) is 0 Å². The van der Waals surface area contributed by atoms with Crippen LogP contribution in [0.2, 0.25) is 0 Å². The Labute approximate surface area is 162 Å². The zero-order valence-electron chi connectivity index (χ0n) is 15.7. The van der Waals surface area contributed by atoms with Gasteiger partial charge in [-0.15, -0.1) is 0 Å². The molecular weight excluding hydrogens is 350 g/mol. The molecule has 3 nitrogen and oxygen atoms in total. The summed E-state index contributed by atoms with van der Waals surface area (Å²) in [4.78, 5) is 0. The van der Waals surface area contributed by atoms with Crippen LogP contribution in [-0.4, -0.2) is 4.57 Å². The van der Waals surface area contributed by atoms with Crippen molar-refractivity contribution < 1.29 is 9.13 Å². The molecule has 0 fully saturated rings. The Kier molecular flexibility index (Phi) is 3.62. The summed E-state index contributed by atoms with van der Waals surface area (Å²) >= 11 is 1.84. The summed E-state index contributed by atoms with van der Waals surface area (Å²) in [5.74, 6) is 0. The van der Waals surface area contributed by atoms with Gasteiger partial charge in [-0.2, -0.15) is 9.13 Å². The third-order valence-electron chi connectivity index (χ3n) is 5.40. The fraction of sp³-hybridized carbons (Fsp3) is 0.130. The largest absolute Gasteiger partial charge is 0.339 e. The van der Waals surface area contributed by atoms with Gasteiger partial charge in [-0.3, -0.25) is 0 Å². The van der Waals surface area contributed by atoms with Crippen molar-refractivity contribution in [3.05, 3.63) is 72.8 Å². The first-order valence-electron chi connectivity index (χ1n) is 9.07. The number of aromatic nitrogens is 3. The topological polar surface area (TPSA) is 12.7 Å². The summed E-state index contributed by atoms with van der Waals surface area (Å²) in [5, 5.41) is 2.53. The first-order chi connectivity index (χ1) is 13.1. The summed E-state index contributed by atoms with van der Waals surface area (Å²) in [6.07, 6.45) is 0. The molecule has 0 aliphatic rings. The third-order valence-corrected chi connectivity index (χ3v) is 6.64. The van der Waals surface area contributed by atoms with Crippen LogP contribution in [0.1, 0.15) is 0 Å². The van der Waals surface area contributed by atoms with Crippen molar-refractivity contribution in [2.75, 3.05) is 0 Å². The smallest absolute Gasteiger partial charge is 0.335 e. The van der Waals surface area contributed by atoms with Crippen molar-refractivity contribution in [1.29, 1.82) is 0 Å². The molecule has 0 aliphatic carbocycles. The molecule has 5 aromatic rings. The van der Waals surface area contributed by atoms with E-state index in [0.717, 1.165) is 0 Å². The monoisotopic (exact) mass is 371 g/mol. The molecule has 0 unspecified atom stereocenters. The molecule has 0 atom stereocenters. The van der Waals surface area contributed by atoms with Crippen LogP contribution in [0.25, 0.3) is 43.2 Å². The molecule has 0 radical (unpaired) electrons. The number of pyridine rings is 1. The first-order valence-corrected chi connectivity index (χ1v) is 9.88. The summed E-state index contributed by atoms with van der Waals surface area (Å²) in [6.45, 7) is 0. The lowest BCUT2D eigenvalue weighted by Crippen LogP contribution is -2.38. The highest BCUT2D eigenvalue weighted by Crippen LogP contribution is 2.29. The predicted octanol–water partition coefficient (Wildman–Crippen LogP) is 4.38. The number of hydrogen-bond acceptors (Lipinski definition) is 1. The van der Waals surface area contributed by atoms with Gasteiger partial charge in [-0.1, -0.05) is 41.7 Å². The summed E-state index contributed by atoms with van der Waals surface area (Å²) < 4.78 is 8.18. The van der Waals surface area contributed by atoms with E-state index < -0.39 is 0 Å². The van der Waals surface area contributed by atoms with Gasteiger partial charge < -0.3 is 4.57 Å². The van der Waals surface area contributed by atoms with Gasteiger partial charge in [0.25, 0.3) is 5.69 Å². The van der Waals surface area contributed by atoms with Gasteiger partial charge in [0.05, 0.1) is 0 Å². The molecule has 0 saturated heterocycles. The quantitative estimate of drug-likeness (QED) is 0.409. The fourth-order valence-electron chi connectivity index (χ4n) is 3.92. The molecule has 4 heteroatoms. The molecule has 132 valence electrons. The van der Waals surface area contributed by atoms with E-state index in [0.29, 0.717) is 0 Å². The van der Waals surface area contributed by atoms with Crippen molar-refractivity contribution >= 4 is 32.5 Å². The molecule has 5 rings (SSSR count). The highest BCUT2D eigenvalue weighted by molar-refractivity contribution is 7.21. The van der Waals surface area contributed by atoms with E-state index in [2.05, 4.69) is 108 Å². The van der Waals surface area contributed by atoms with Crippen LogP contribution in [0.3, 0.4) is 0 Å². The van der Waals surface area contributed by atoms with Gasteiger partial charge in [0.15, 0.2) is 0 Å². The fourth-order valence-corrected chi connectivity index (χ4v) is 5.13.